The predicted molar refractivity (Wildman–Crippen MR) is 82.1 cm³/mol. The van der Waals surface area contributed by atoms with Crippen molar-refractivity contribution in [1.82, 2.24) is 5.32 Å². The number of nitrogens with one attached hydrogen (secondary N) is 1. The number of benzene rings is 1. The summed E-state index contributed by atoms with van der Waals surface area (Å²) in [5.41, 5.74) is 10.7. The van der Waals surface area contributed by atoms with Crippen LogP contribution in [-0.4, -0.2) is 38.9 Å². The van der Waals surface area contributed by atoms with Crippen molar-refractivity contribution in [2.75, 3.05) is 38.3 Å². The van der Waals surface area contributed by atoms with Gasteiger partial charge >= 0.3 is 0 Å². The number of piperidine rings is 1. The zero-order chi connectivity index (χ0) is 14.0. The second-order valence-electron chi connectivity index (χ2n) is 6.12. The monoisotopic (exact) mass is 275 g/mol. The van der Waals surface area contributed by atoms with Gasteiger partial charge in [-0.1, -0.05) is 12.1 Å². The van der Waals surface area contributed by atoms with E-state index in [-0.39, 0.29) is 5.54 Å². The Morgan fingerprint density at radius 1 is 1.35 bits per heavy atom. The van der Waals surface area contributed by atoms with Crippen molar-refractivity contribution in [3.63, 3.8) is 0 Å². The van der Waals surface area contributed by atoms with E-state index in [4.69, 9.17) is 10.5 Å². The largest absolute Gasteiger partial charge is 0.383 e. The van der Waals surface area contributed by atoms with Crippen molar-refractivity contribution in [3.8, 4) is 0 Å². The van der Waals surface area contributed by atoms with Crippen molar-refractivity contribution in [2.45, 2.75) is 31.3 Å². The number of nitrogens with two attached hydrogens (primary N) is 1. The number of hydrogen-bond acceptors (Lipinski definition) is 4. The van der Waals surface area contributed by atoms with Gasteiger partial charge in [-0.05, 0) is 43.0 Å². The van der Waals surface area contributed by atoms with E-state index < -0.39 is 0 Å². The van der Waals surface area contributed by atoms with E-state index in [0.717, 1.165) is 45.4 Å². The van der Waals surface area contributed by atoms with Gasteiger partial charge in [0.1, 0.15) is 0 Å². The molecular weight excluding hydrogens is 250 g/mol. The standard InChI is InChI=1S/C16H25N3O/c1-20-12-16(17)6-9-19(10-7-16)15-4-2-3-13-11-18-8-5-14(13)15/h2-4,18H,5-12,17H2,1H3. The summed E-state index contributed by atoms with van der Waals surface area (Å²) < 4.78 is 5.26. The minimum absolute atomic E-state index is 0.137. The highest BCUT2D eigenvalue weighted by molar-refractivity contribution is 5.58. The van der Waals surface area contributed by atoms with Crippen molar-refractivity contribution in [2.24, 2.45) is 5.73 Å². The molecule has 2 heterocycles. The van der Waals surface area contributed by atoms with Gasteiger partial charge in [-0.15, -0.1) is 0 Å². The van der Waals surface area contributed by atoms with Crippen molar-refractivity contribution in [1.29, 1.82) is 0 Å². The van der Waals surface area contributed by atoms with Gasteiger partial charge in [-0.25, -0.2) is 0 Å². The molecule has 4 heteroatoms. The molecule has 2 aliphatic rings. The minimum Gasteiger partial charge on any atom is -0.383 e. The molecule has 0 atom stereocenters. The molecule has 1 aromatic carbocycles. The normalized spacial score (nSPS) is 21.6. The van der Waals surface area contributed by atoms with Crippen LogP contribution in [0.15, 0.2) is 18.2 Å². The van der Waals surface area contributed by atoms with E-state index in [0.29, 0.717) is 6.61 Å². The molecule has 20 heavy (non-hydrogen) atoms. The second kappa shape index (κ2) is 5.72. The van der Waals surface area contributed by atoms with Crippen molar-refractivity contribution in [3.05, 3.63) is 29.3 Å². The van der Waals surface area contributed by atoms with Crippen LogP contribution in [0.3, 0.4) is 0 Å². The average molecular weight is 275 g/mol. The predicted octanol–water partition coefficient (Wildman–Crippen LogP) is 1.28. The average Bonchev–Trinajstić information content (AvgIpc) is 2.48. The van der Waals surface area contributed by atoms with Gasteiger partial charge in [-0.2, -0.15) is 0 Å². The quantitative estimate of drug-likeness (QED) is 0.872. The smallest absolute Gasteiger partial charge is 0.0643 e. The lowest BCUT2D eigenvalue weighted by Crippen LogP contribution is -2.53. The third kappa shape index (κ3) is 2.68. The number of methoxy groups -OCH3 is 1. The number of anilines is 1. The first-order valence-electron chi connectivity index (χ1n) is 7.56. The van der Waals surface area contributed by atoms with Gasteiger partial charge in [0.05, 0.1) is 6.61 Å². The van der Waals surface area contributed by atoms with E-state index in [1.54, 1.807) is 7.11 Å². The summed E-state index contributed by atoms with van der Waals surface area (Å²) >= 11 is 0. The number of ether oxygens (including phenoxy) is 1. The van der Waals surface area contributed by atoms with E-state index >= 15 is 0 Å². The Hall–Kier alpha value is -1.10. The zero-order valence-corrected chi connectivity index (χ0v) is 12.3. The van der Waals surface area contributed by atoms with Crippen LogP contribution >= 0.6 is 0 Å². The third-order valence-electron chi connectivity index (χ3n) is 4.65. The molecule has 0 saturated carbocycles. The molecule has 1 aromatic rings. The first-order valence-corrected chi connectivity index (χ1v) is 7.56. The van der Waals surface area contributed by atoms with E-state index in [9.17, 15) is 0 Å². The highest BCUT2D eigenvalue weighted by atomic mass is 16.5. The summed E-state index contributed by atoms with van der Waals surface area (Å²) in [5.74, 6) is 0. The molecule has 1 fully saturated rings. The molecule has 0 spiro atoms. The van der Waals surface area contributed by atoms with Crippen LogP contribution in [0.1, 0.15) is 24.0 Å². The number of hydrogen-bond donors (Lipinski definition) is 2. The lowest BCUT2D eigenvalue weighted by molar-refractivity contribution is 0.116. The summed E-state index contributed by atoms with van der Waals surface area (Å²) in [7, 11) is 1.74. The first kappa shape index (κ1) is 13.9. The molecule has 0 bridgehead atoms. The van der Waals surface area contributed by atoms with Crippen LogP contribution < -0.4 is 16.0 Å². The third-order valence-corrected chi connectivity index (χ3v) is 4.65. The molecule has 0 aliphatic carbocycles. The lowest BCUT2D eigenvalue weighted by Gasteiger charge is -2.41. The molecule has 0 aromatic heterocycles. The molecule has 110 valence electrons. The van der Waals surface area contributed by atoms with Crippen LogP contribution in [0, 0.1) is 0 Å². The van der Waals surface area contributed by atoms with Crippen LogP contribution in [0.2, 0.25) is 0 Å². The maximum atomic E-state index is 6.39. The Balaban J connectivity index is 1.75. The Labute approximate surface area is 121 Å². The number of fused-ring (bicyclic) bond motifs is 1. The molecule has 0 amide bonds. The topological polar surface area (TPSA) is 50.5 Å². The fraction of sp³-hybridized carbons (Fsp3) is 0.625. The Kier molecular flexibility index (Phi) is 3.96. The molecule has 3 N–H and O–H groups in total. The fourth-order valence-corrected chi connectivity index (χ4v) is 3.43. The molecule has 0 unspecified atom stereocenters. The summed E-state index contributed by atoms with van der Waals surface area (Å²) in [6.07, 6.45) is 3.14. The maximum Gasteiger partial charge on any atom is 0.0643 e. The zero-order valence-electron chi connectivity index (χ0n) is 12.3. The first-order chi connectivity index (χ1) is 9.72. The summed E-state index contributed by atoms with van der Waals surface area (Å²) in [6, 6.07) is 6.69. The summed E-state index contributed by atoms with van der Waals surface area (Å²) in [6.45, 7) is 4.81. The van der Waals surface area contributed by atoms with Gasteiger partial charge in [0.2, 0.25) is 0 Å². The molecule has 3 rings (SSSR count). The Morgan fingerprint density at radius 3 is 2.90 bits per heavy atom. The number of rotatable bonds is 3. The van der Waals surface area contributed by atoms with Crippen LogP contribution in [0.5, 0.6) is 0 Å². The van der Waals surface area contributed by atoms with Crippen molar-refractivity contribution >= 4 is 5.69 Å². The van der Waals surface area contributed by atoms with Gasteiger partial charge in [-0.3, -0.25) is 0 Å². The highest BCUT2D eigenvalue weighted by Gasteiger charge is 2.31. The SMILES string of the molecule is COCC1(N)CCN(c2cccc3c2CCNC3)CC1. The second-order valence-corrected chi connectivity index (χ2v) is 6.12. The van der Waals surface area contributed by atoms with Crippen LogP contribution in [-0.2, 0) is 17.7 Å². The van der Waals surface area contributed by atoms with Gasteiger partial charge in [0, 0.05) is 38.0 Å². The Bertz CT molecular complexity index is 467. The summed E-state index contributed by atoms with van der Waals surface area (Å²) in [4.78, 5) is 2.50. The van der Waals surface area contributed by atoms with Gasteiger partial charge < -0.3 is 20.7 Å². The fourth-order valence-electron chi connectivity index (χ4n) is 3.43. The van der Waals surface area contributed by atoms with E-state index in [1.165, 1.54) is 16.8 Å². The maximum absolute atomic E-state index is 6.39. The van der Waals surface area contributed by atoms with Crippen LogP contribution in [0.4, 0.5) is 5.69 Å². The van der Waals surface area contributed by atoms with E-state index in [2.05, 4.69) is 28.4 Å². The molecule has 2 aliphatic heterocycles. The molecule has 1 saturated heterocycles. The molecular formula is C16H25N3O. The molecule has 4 nitrogen and oxygen atoms in total. The van der Waals surface area contributed by atoms with E-state index in [1.807, 2.05) is 0 Å². The van der Waals surface area contributed by atoms with Gasteiger partial charge in [0.25, 0.3) is 0 Å². The highest BCUT2D eigenvalue weighted by Crippen LogP contribution is 2.30. The van der Waals surface area contributed by atoms with Gasteiger partial charge in [0.15, 0.2) is 0 Å². The van der Waals surface area contributed by atoms with Crippen molar-refractivity contribution < 1.29 is 4.74 Å². The van der Waals surface area contributed by atoms with Crippen LogP contribution in [0.25, 0.3) is 0 Å². The number of nitrogens with zero attached hydrogens (tertiary/aromatic N) is 1. The lowest BCUT2D eigenvalue weighted by atomic mass is 9.88. The Morgan fingerprint density at radius 2 is 2.15 bits per heavy atom. The molecule has 0 radical (unpaired) electrons. The minimum atomic E-state index is -0.137. The summed E-state index contributed by atoms with van der Waals surface area (Å²) in [5, 5.41) is 3.45.